The number of imidazole rings is 1. The highest BCUT2D eigenvalue weighted by Crippen LogP contribution is 2.29. The normalized spacial score (nSPS) is 12.8. The molecule has 0 bridgehead atoms. The molecule has 0 fully saturated rings. The molecule has 150 valence electrons. The van der Waals surface area contributed by atoms with Crippen molar-refractivity contribution < 1.29 is 0 Å². The summed E-state index contributed by atoms with van der Waals surface area (Å²) >= 11 is 6.78. The van der Waals surface area contributed by atoms with Crippen molar-refractivity contribution in [2.24, 2.45) is 14.1 Å². The number of benzene rings is 1. The molecule has 1 atom stereocenters. The maximum absolute atomic E-state index is 12.9. The lowest BCUT2D eigenvalue weighted by atomic mass is 10.1. The van der Waals surface area contributed by atoms with E-state index in [0.717, 1.165) is 29.8 Å². The van der Waals surface area contributed by atoms with Gasteiger partial charge in [-0.2, -0.15) is 0 Å². The van der Waals surface area contributed by atoms with Crippen molar-refractivity contribution in [2.75, 3.05) is 19.6 Å². The van der Waals surface area contributed by atoms with E-state index in [1.54, 1.807) is 7.05 Å². The van der Waals surface area contributed by atoms with E-state index >= 15 is 0 Å². The van der Waals surface area contributed by atoms with Gasteiger partial charge in [0.15, 0.2) is 11.2 Å². The monoisotopic (exact) mass is 403 g/mol. The number of aryl methyl sites for hydroxylation is 1. The molecule has 0 spiro atoms. The summed E-state index contributed by atoms with van der Waals surface area (Å²) in [5.74, 6) is 0.577. The van der Waals surface area contributed by atoms with Crippen LogP contribution in [0.2, 0.25) is 0 Å². The highest BCUT2D eigenvalue weighted by molar-refractivity contribution is 6.22. The van der Waals surface area contributed by atoms with Crippen molar-refractivity contribution >= 4 is 22.8 Å². The van der Waals surface area contributed by atoms with Gasteiger partial charge < -0.3 is 9.47 Å². The van der Waals surface area contributed by atoms with Crippen molar-refractivity contribution in [3.63, 3.8) is 0 Å². The highest BCUT2D eigenvalue weighted by Gasteiger charge is 2.24. The van der Waals surface area contributed by atoms with Gasteiger partial charge in [0, 0.05) is 27.2 Å². The van der Waals surface area contributed by atoms with Gasteiger partial charge in [0.1, 0.15) is 11.2 Å². The predicted molar refractivity (Wildman–Crippen MR) is 112 cm³/mol. The average molecular weight is 404 g/mol. The number of alkyl halides is 1. The molecule has 28 heavy (non-hydrogen) atoms. The molecule has 0 amide bonds. The molecule has 0 N–H and O–H groups in total. The van der Waals surface area contributed by atoms with Gasteiger partial charge in [-0.1, -0.05) is 44.2 Å². The van der Waals surface area contributed by atoms with Crippen molar-refractivity contribution in [1.29, 1.82) is 0 Å². The maximum atomic E-state index is 12.9. The van der Waals surface area contributed by atoms with E-state index in [2.05, 4.69) is 23.7 Å². The largest absolute Gasteiger partial charge is 0.332 e. The second-order valence-electron chi connectivity index (χ2n) is 6.80. The van der Waals surface area contributed by atoms with Crippen LogP contribution in [0.4, 0.5) is 0 Å². The summed E-state index contributed by atoms with van der Waals surface area (Å²) in [5, 5.41) is -0.523. The minimum Gasteiger partial charge on any atom is -0.319 e. The summed E-state index contributed by atoms with van der Waals surface area (Å²) in [4.78, 5) is 32.2. The Kier molecular flexibility index (Phi) is 6.05. The summed E-state index contributed by atoms with van der Waals surface area (Å²) in [6.45, 7) is 7.36. The lowest BCUT2D eigenvalue weighted by Gasteiger charge is -2.20. The van der Waals surface area contributed by atoms with E-state index < -0.39 is 11.1 Å². The molecule has 0 saturated heterocycles. The van der Waals surface area contributed by atoms with Gasteiger partial charge in [0.2, 0.25) is 0 Å². The van der Waals surface area contributed by atoms with Crippen LogP contribution in [0, 0.1) is 0 Å². The van der Waals surface area contributed by atoms with E-state index in [-0.39, 0.29) is 5.56 Å². The number of hydrogen-bond donors (Lipinski definition) is 0. The second kappa shape index (κ2) is 8.32. The third-order valence-electron chi connectivity index (χ3n) is 5.23. The van der Waals surface area contributed by atoms with Gasteiger partial charge in [-0.3, -0.25) is 13.9 Å². The van der Waals surface area contributed by atoms with E-state index in [1.807, 2.05) is 34.9 Å². The Morgan fingerprint density at radius 3 is 2.32 bits per heavy atom. The highest BCUT2D eigenvalue weighted by atomic mass is 35.5. The van der Waals surface area contributed by atoms with Crippen LogP contribution >= 0.6 is 11.6 Å². The molecule has 0 aliphatic carbocycles. The standard InChI is InChI=1S/C20H26ClN5O2/c1-5-25(6-2)12-13-26-16-18(23(3)20(28)24(4)19(16)27)22-17(26)15(21)14-10-8-7-9-11-14/h7-11,15H,5-6,12-13H2,1-4H3/t15-/m0/s1. The molecule has 7 nitrogen and oxygen atoms in total. The summed E-state index contributed by atoms with van der Waals surface area (Å²) in [7, 11) is 3.11. The third kappa shape index (κ3) is 3.52. The zero-order valence-electron chi connectivity index (χ0n) is 16.7. The van der Waals surface area contributed by atoms with Crippen LogP contribution in [0.3, 0.4) is 0 Å². The van der Waals surface area contributed by atoms with Crippen LogP contribution in [0.5, 0.6) is 0 Å². The quantitative estimate of drug-likeness (QED) is 0.567. The first kappa shape index (κ1) is 20.4. The topological polar surface area (TPSA) is 65.1 Å². The first-order chi connectivity index (χ1) is 13.4. The Balaban J connectivity index is 2.23. The molecular weight excluding hydrogens is 378 g/mol. The van der Waals surface area contributed by atoms with Gasteiger partial charge in [0.25, 0.3) is 5.56 Å². The molecule has 3 aromatic rings. The zero-order valence-corrected chi connectivity index (χ0v) is 17.5. The Morgan fingerprint density at radius 2 is 1.71 bits per heavy atom. The first-order valence-electron chi connectivity index (χ1n) is 9.48. The number of nitrogens with zero attached hydrogens (tertiary/aromatic N) is 5. The van der Waals surface area contributed by atoms with E-state index in [0.29, 0.717) is 23.5 Å². The Morgan fingerprint density at radius 1 is 1.07 bits per heavy atom. The van der Waals surface area contributed by atoms with E-state index in [4.69, 9.17) is 11.6 Å². The van der Waals surface area contributed by atoms with Crippen LogP contribution in [0.15, 0.2) is 39.9 Å². The summed E-state index contributed by atoms with van der Waals surface area (Å²) in [5.41, 5.74) is 0.916. The fourth-order valence-electron chi connectivity index (χ4n) is 3.44. The Hall–Kier alpha value is -2.38. The number of hydrogen-bond acceptors (Lipinski definition) is 4. The molecule has 1 aromatic carbocycles. The molecule has 2 heterocycles. The van der Waals surface area contributed by atoms with Gasteiger partial charge in [-0.05, 0) is 18.7 Å². The summed E-state index contributed by atoms with van der Waals surface area (Å²) < 4.78 is 4.40. The molecule has 0 aliphatic heterocycles. The average Bonchev–Trinajstić information content (AvgIpc) is 3.11. The second-order valence-corrected chi connectivity index (χ2v) is 7.24. The van der Waals surface area contributed by atoms with E-state index in [9.17, 15) is 9.59 Å². The molecule has 0 saturated carbocycles. The lowest BCUT2D eigenvalue weighted by Crippen LogP contribution is -2.38. The molecule has 0 unspecified atom stereocenters. The minimum atomic E-state index is -0.523. The molecule has 0 aliphatic rings. The summed E-state index contributed by atoms with van der Waals surface area (Å²) in [6, 6.07) is 9.63. The van der Waals surface area contributed by atoms with Crippen molar-refractivity contribution in [3.05, 3.63) is 62.6 Å². The third-order valence-corrected chi connectivity index (χ3v) is 5.68. The molecule has 8 heteroatoms. The van der Waals surface area contributed by atoms with Crippen LogP contribution in [0.1, 0.15) is 30.6 Å². The van der Waals surface area contributed by atoms with Crippen LogP contribution in [-0.2, 0) is 20.6 Å². The van der Waals surface area contributed by atoms with Gasteiger partial charge in [-0.25, -0.2) is 9.78 Å². The smallest absolute Gasteiger partial charge is 0.319 e. The first-order valence-corrected chi connectivity index (χ1v) is 9.91. The van der Waals surface area contributed by atoms with Gasteiger partial charge in [0.05, 0.1) is 0 Å². The predicted octanol–water partition coefficient (Wildman–Crippen LogP) is 2.10. The number of aromatic nitrogens is 4. The number of rotatable bonds is 7. The van der Waals surface area contributed by atoms with E-state index in [1.165, 1.54) is 11.6 Å². The van der Waals surface area contributed by atoms with Crippen molar-refractivity contribution in [3.8, 4) is 0 Å². The number of fused-ring (bicyclic) bond motifs is 1. The zero-order chi connectivity index (χ0) is 20.4. The minimum absolute atomic E-state index is 0.353. The number of likely N-dealkylation sites (N-methyl/N-ethyl adjacent to an activating group) is 1. The fraction of sp³-hybridized carbons (Fsp3) is 0.450. The maximum Gasteiger partial charge on any atom is 0.332 e. The van der Waals surface area contributed by atoms with Crippen molar-refractivity contribution in [1.82, 2.24) is 23.6 Å². The van der Waals surface area contributed by atoms with Crippen LogP contribution < -0.4 is 11.2 Å². The molecule has 3 rings (SSSR count). The Bertz CT molecular complexity index is 1080. The summed E-state index contributed by atoms with van der Waals surface area (Å²) in [6.07, 6.45) is 0. The molecular formula is C20H26ClN5O2. The Labute approximate surface area is 168 Å². The fourth-order valence-corrected chi connectivity index (χ4v) is 3.75. The number of halogens is 1. The van der Waals surface area contributed by atoms with Crippen LogP contribution in [-0.4, -0.2) is 43.2 Å². The molecule has 0 radical (unpaired) electrons. The van der Waals surface area contributed by atoms with Crippen LogP contribution in [0.25, 0.3) is 11.2 Å². The molecule has 2 aromatic heterocycles. The van der Waals surface area contributed by atoms with Gasteiger partial charge in [-0.15, -0.1) is 11.6 Å². The SMILES string of the molecule is CCN(CC)CCn1c([C@@H](Cl)c2ccccc2)nc2c1c(=O)n(C)c(=O)n2C. The lowest BCUT2D eigenvalue weighted by molar-refractivity contribution is 0.290. The van der Waals surface area contributed by atoms with Crippen molar-refractivity contribution in [2.45, 2.75) is 25.8 Å². The van der Waals surface area contributed by atoms with Gasteiger partial charge >= 0.3 is 5.69 Å².